The Morgan fingerprint density at radius 1 is 1.24 bits per heavy atom. The highest BCUT2D eigenvalue weighted by Crippen LogP contribution is 2.10. The summed E-state index contributed by atoms with van der Waals surface area (Å²) in [6.07, 6.45) is 6.82. The molecule has 1 unspecified atom stereocenters. The van der Waals surface area contributed by atoms with Gasteiger partial charge in [0.15, 0.2) is 5.96 Å². The third-order valence-electron chi connectivity index (χ3n) is 3.89. The molecule has 1 saturated heterocycles. The monoisotopic (exact) mass is 456 g/mol. The second kappa shape index (κ2) is 11.1. The molecule has 1 aliphatic rings. The molecule has 25 heavy (non-hydrogen) atoms. The first kappa shape index (κ1) is 19.7. The van der Waals surface area contributed by atoms with Crippen LogP contribution in [-0.2, 0) is 17.7 Å². The summed E-state index contributed by atoms with van der Waals surface area (Å²) in [5.74, 6) is 1.74. The zero-order valence-corrected chi connectivity index (χ0v) is 16.5. The number of aliphatic imine (C=N–C) groups is 1. The average molecular weight is 456 g/mol. The maximum atomic E-state index is 5.66. The van der Waals surface area contributed by atoms with Gasteiger partial charge in [-0.25, -0.2) is 4.99 Å². The van der Waals surface area contributed by atoms with Crippen molar-refractivity contribution in [3.8, 4) is 0 Å². The molecule has 0 spiro atoms. The second-order valence-corrected chi connectivity index (χ2v) is 5.76. The van der Waals surface area contributed by atoms with E-state index in [9.17, 15) is 0 Å². The van der Waals surface area contributed by atoms with Crippen LogP contribution in [-0.4, -0.2) is 36.7 Å². The van der Waals surface area contributed by atoms with E-state index in [0.29, 0.717) is 6.54 Å². The van der Waals surface area contributed by atoms with Crippen molar-refractivity contribution in [3.05, 3.63) is 54.2 Å². The third kappa shape index (κ3) is 7.03. The van der Waals surface area contributed by atoms with Gasteiger partial charge in [-0.15, -0.1) is 24.0 Å². The number of nitrogens with zero attached hydrogens (tertiary/aromatic N) is 2. The minimum absolute atomic E-state index is 0. The normalized spacial score (nSPS) is 17.1. The van der Waals surface area contributed by atoms with E-state index >= 15 is 0 Å². The fraction of sp³-hybridized carbons (Fsp3) is 0.444. The lowest BCUT2D eigenvalue weighted by Crippen LogP contribution is -2.41. The molecule has 2 N–H and O–H groups in total. The van der Waals surface area contributed by atoms with Gasteiger partial charge in [0.05, 0.1) is 24.6 Å². The molecule has 1 fully saturated rings. The Bertz CT molecular complexity index is 613. The quantitative estimate of drug-likeness (QED) is 0.381. The van der Waals surface area contributed by atoms with E-state index in [-0.39, 0.29) is 30.1 Å². The lowest BCUT2D eigenvalue weighted by Gasteiger charge is -2.15. The molecule has 0 aromatic carbocycles. The Hall–Kier alpha value is -1.61. The number of hydrogen-bond donors (Lipinski definition) is 2. The van der Waals surface area contributed by atoms with Crippen LogP contribution in [0.5, 0.6) is 0 Å². The summed E-state index contributed by atoms with van der Waals surface area (Å²) in [6, 6.07) is 9.74. The Kier molecular flexibility index (Phi) is 8.75. The summed E-state index contributed by atoms with van der Waals surface area (Å²) < 4.78 is 11.0. The molecule has 0 radical (unpaired) electrons. The van der Waals surface area contributed by atoms with Crippen molar-refractivity contribution in [3.63, 3.8) is 0 Å². The number of pyridine rings is 1. The first-order chi connectivity index (χ1) is 11.9. The first-order valence-corrected chi connectivity index (χ1v) is 8.46. The highest BCUT2D eigenvalue weighted by Gasteiger charge is 2.15. The van der Waals surface area contributed by atoms with Gasteiger partial charge in [0.1, 0.15) is 5.76 Å². The van der Waals surface area contributed by atoms with E-state index in [1.807, 2.05) is 30.3 Å². The molecule has 0 aliphatic carbocycles. The number of aromatic nitrogens is 1. The second-order valence-electron chi connectivity index (χ2n) is 5.76. The molecular formula is C18H25IN4O2. The van der Waals surface area contributed by atoms with Crippen LogP contribution in [0.4, 0.5) is 0 Å². The molecular weight excluding hydrogens is 431 g/mol. The van der Waals surface area contributed by atoms with E-state index in [0.717, 1.165) is 56.4 Å². The van der Waals surface area contributed by atoms with Gasteiger partial charge in [0.2, 0.25) is 0 Å². The molecule has 1 aliphatic heterocycles. The molecule has 6 nitrogen and oxygen atoms in total. The lowest BCUT2D eigenvalue weighted by atomic mass is 10.2. The zero-order valence-electron chi connectivity index (χ0n) is 14.2. The minimum atomic E-state index is 0. The Labute approximate surface area is 165 Å². The summed E-state index contributed by atoms with van der Waals surface area (Å²) in [6.45, 7) is 2.93. The fourth-order valence-corrected chi connectivity index (χ4v) is 2.60. The number of rotatable bonds is 7. The Morgan fingerprint density at radius 2 is 2.20 bits per heavy atom. The van der Waals surface area contributed by atoms with E-state index < -0.39 is 0 Å². The van der Waals surface area contributed by atoms with Gasteiger partial charge in [-0.2, -0.15) is 0 Å². The lowest BCUT2D eigenvalue weighted by molar-refractivity contribution is 0.114. The van der Waals surface area contributed by atoms with E-state index in [2.05, 4.69) is 20.6 Å². The van der Waals surface area contributed by atoms with Crippen molar-refractivity contribution >= 4 is 29.9 Å². The average Bonchev–Trinajstić information content (AvgIpc) is 3.31. The molecule has 136 valence electrons. The van der Waals surface area contributed by atoms with E-state index in [4.69, 9.17) is 9.15 Å². The predicted molar refractivity (Wildman–Crippen MR) is 108 cm³/mol. The standard InChI is InChI=1S/C18H24N4O2.HI/c1-2-9-19-15(5-1)13-21-18(22-14-17-7-4-12-24-17)20-10-8-16-6-3-11-23-16;/h1-3,5-6,9,11,17H,4,7-8,10,12-14H2,(H2,20,21,22);1H. The molecule has 2 aromatic heterocycles. The molecule has 7 heteroatoms. The van der Waals surface area contributed by atoms with Crippen LogP contribution >= 0.6 is 24.0 Å². The topological polar surface area (TPSA) is 71.7 Å². The van der Waals surface area contributed by atoms with Gasteiger partial charge >= 0.3 is 0 Å². The van der Waals surface area contributed by atoms with Gasteiger partial charge in [0.25, 0.3) is 0 Å². The molecule has 0 saturated carbocycles. The largest absolute Gasteiger partial charge is 0.469 e. The molecule has 0 bridgehead atoms. The van der Waals surface area contributed by atoms with Crippen LogP contribution in [0.1, 0.15) is 24.3 Å². The van der Waals surface area contributed by atoms with Crippen LogP contribution in [0.25, 0.3) is 0 Å². The molecule has 3 rings (SSSR count). The summed E-state index contributed by atoms with van der Waals surface area (Å²) in [4.78, 5) is 8.93. The summed E-state index contributed by atoms with van der Waals surface area (Å²) in [7, 11) is 0. The van der Waals surface area contributed by atoms with Gasteiger partial charge < -0.3 is 19.8 Å². The van der Waals surface area contributed by atoms with Crippen LogP contribution < -0.4 is 10.6 Å². The van der Waals surface area contributed by atoms with Crippen LogP contribution in [0.15, 0.2) is 52.2 Å². The van der Waals surface area contributed by atoms with Gasteiger partial charge in [-0.05, 0) is 37.1 Å². The van der Waals surface area contributed by atoms with Gasteiger partial charge in [-0.3, -0.25) is 4.98 Å². The zero-order chi connectivity index (χ0) is 16.5. The SMILES string of the molecule is I.c1ccc(CN=C(NCCc2ccco2)NCC2CCCO2)nc1. The number of guanidine groups is 1. The highest BCUT2D eigenvalue weighted by atomic mass is 127. The van der Waals surface area contributed by atoms with Crippen molar-refractivity contribution in [2.24, 2.45) is 4.99 Å². The maximum absolute atomic E-state index is 5.66. The predicted octanol–water partition coefficient (Wildman–Crippen LogP) is 2.75. The summed E-state index contributed by atoms with van der Waals surface area (Å²) in [5.41, 5.74) is 0.946. The molecule has 2 aromatic rings. The Morgan fingerprint density at radius 3 is 2.92 bits per heavy atom. The fourth-order valence-electron chi connectivity index (χ4n) is 2.60. The van der Waals surface area contributed by atoms with E-state index in [1.165, 1.54) is 0 Å². The number of furan rings is 1. The molecule has 0 amide bonds. The van der Waals surface area contributed by atoms with Gasteiger partial charge in [-0.1, -0.05) is 6.07 Å². The first-order valence-electron chi connectivity index (χ1n) is 8.46. The van der Waals surface area contributed by atoms with Crippen LogP contribution in [0.2, 0.25) is 0 Å². The van der Waals surface area contributed by atoms with Crippen molar-refractivity contribution in [1.29, 1.82) is 0 Å². The van der Waals surface area contributed by atoms with Crippen LogP contribution in [0, 0.1) is 0 Å². The van der Waals surface area contributed by atoms with E-state index in [1.54, 1.807) is 12.5 Å². The number of ether oxygens (including phenoxy) is 1. The number of hydrogen-bond acceptors (Lipinski definition) is 4. The number of halogens is 1. The van der Waals surface area contributed by atoms with Crippen molar-refractivity contribution in [1.82, 2.24) is 15.6 Å². The van der Waals surface area contributed by atoms with Gasteiger partial charge in [0, 0.05) is 32.3 Å². The van der Waals surface area contributed by atoms with Crippen LogP contribution in [0.3, 0.4) is 0 Å². The van der Waals surface area contributed by atoms with Crippen molar-refractivity contribution in [2.45, 2.75) is 31.9 Å². The summed E-state index contributed by atoms with van der Waals surface area (Å²) >= 11 is 0. The molecule has 1 atom stereocenters. The maximum Gasteiger partial charge on any atom is 0.191 e. The molecule has 3 heterocycles. The minimum Gasteiger partial charge on any atom is -0.469 e. The highest BCUT2D eigenvalue weighted by molar-refractivity contribution is 14.0. The Balaban J connectivity index is 0.00000225. The number of nitrogens with one attached hydrogen (secondary N) is 2. The smallest absolute Gasteiger partial charge is 0.191 e. The summed E-state index contributed by atoms with van der Waals surface area (Å²) in [5, 5.41) is 6.72. The van der Waals surface area contributed by atoms with Crippen molar-refractivity contribution in [2.75, 3.05) is 19.7 Å². The third-order valence-corrected chi connectivity index (χ3v) is 3.89. The van der Waals surface area contributed by atoms with Crippen molar-refractivity contribution < 1.29 is 9.15 Å².